The Morgan fingerprint density at radius 3 is 2.76 bits per heavy atom. The lowest BCUT2D eigenvalue weighted by Crippen LogP contribution is -2.29. The van der Waals surface area contributed by atoms with Crippen molar-refractivity contribution in [2.45, 2.75) is 25.4 Å². The number of pyridine rings is 1. The first kappa shape index (κ1) is 17.1. The zero-order valence-electron chi connectivity index (χ0n) is 14.4. The number of carbonyl (C=O) groups excluding carboxylic acids is 1. The number of amides is 1. The van der Waals surface area contributed by atoms with Gasteiger partial charge in [0.25, 0.3) is 5.91 Å². The fourth-order valence-corrected chi connectivity index (χ4v) is 2.93. The number of benzene rings is 1. The minimum Gasteiger partial charge on any atom is -0.393 e. The van der Waals surface area contributed by atoms with E-state index in [1.165, 1.54) is 0 Å². The number of hydrogen-bond donors (Lipinski definition) is 2. The van der Waals surface area contributed by atoms with E-state index in [1.54, 1.807) is 25.5 Å². The molecule has 6 heteroatoms. The Morgan fingerprint density at radius 2 is 2.04 bits per heavy atom. The fraction of sp³-hybridized carbons (Fsp3) is 0.316. The highest BCUT2D eigenvalue weighted by atomic mass is 16.3. The van der Waals surface area contributed by atoms with Crippen molar-refractivity contribution in [3.8, 4) is 0 Å². The van der Waals surface area contributed by atoms with Crippen molar-refractivity contribution in [1.29, 1.82) is 0 Å². The number of rotatable bonds is 6. The van der Waals surface area contributed by atoms with Crippen LogP contribution in [-0.4, -0.2) is 38.2 Å². The predicted molar refractivity (Wildman–Crippen MR) is 96.3 cm³/mol. The van der Waals surface area contributed by atoms with Crippen LogP contribution in [0, 0.1) is 0 Å². The van der Waals surface area contributed by atoms with Crippen molar-refractivity contribution < 1.29 is 9.90 Å². The Morgan fingerprint density at radius 1 is 1.28 bits per heavy atom. The van der Waals surface area contributed by atoms with Crippen LogP contribution in [0.1, 0.15) is 35.2 Å². The van der Waals surface area contributed by atoms with Crippen molar-refractivity contribution in [1.82, 2.24) is 19.9 Å². The largest absolute Gasteiger partial charge is 0.393 e. The van der Waals surface area contributed by atoms with E-state index in [9.17, 15) is 9.90 Å². The molecule has 1 aromatic carbocycles. The minimum atomic E-state index is -0.436. The van der Waals surface area contributed by atoms with E-state index < -0.39 is 6.10 Å². The molecule has 0 bridgehead atoms. The minimum absolute atomic E-state index is 0.0525. The van der Waals surface area contributed by atoms with Gasteiger partial charge in [-0.1, -0.05) is 30.3 Å². The summed E-state index contributed by atoms with van der Waals surface area (Å²) < 4.78 is 1.81. The fourth-order valence-electron chi connectivity index (χ4n) is 2.93. The quantitative estimate of drug-likeness (QED) is 0.722. The van der Waals surface area contributed by atoms with Crippen molar-refractivity contribution >= 4 is 17.1 Å². The van der Waals surface area contributed by atoms with Crippen LogP contribution in [0.5, 0.6) is 0 Å². The van der Waals surface area contributed by atoms with Gasteiger partial charge in [-0.15, -0.1) is 0 Å². The van der Waals surface area contributed by atoms with Gasteiger partial charge in [-0.25, -0.2) is 9.97 Å². The Bertz CT molecular complexity index is 858. The number of aromatic nitrogens is 3. The van der Waals surface area contributed by atoms with Gasteiger partial charge in [-0.05, 0) is 25.0 Å². The van der Waals surface area contributed by atoms with E-state index in [4.69, 9.17) is 0 Å². The first-order valence-electron chi connectivity index (χ1n) is 8.33. The molecule has 0 aliphatic rings. The monoisotopic (exact) mass is 338 g/mol. The molecular formula is C19H22N4O2. The second-order valence-electron chi connectivity index (χ2n) is 6.32. The maximum Gasteiger partial charge on any atom is 0.252 e. The molecular weight excluding hydrogens is 316 g/mol. The van der Waals surface area contributed by atoms with E-state index in [-0.39, 0.29) is 11.8 Å². The zero-order chi connectivity index (χ0) is 17.8. The van der Waals surface area contributed by atoms with Gasteiger partial charge in [0, 0.05) is 25.7 Å². The third-order valence-electron chi connectivity index (χ3n) is 4.22. The van der Waals surface area contributed by atoms with Crippen LogP contribution in [-0.2, 0) is 7.05 Å². The number of nitrogens with one attached hydrogen (secondary N) is 1. The molecule has 3 rings (SSSR count). The highest BCUT2D eigenvalue weighted by molar-refractivity contribution is 5.96. The van der Waals surface area contributed by atoms with Crippen molar-refractivity contribution in [3.63, 3.8) is 0 Å². The van der Waals surface area contributed by atoms with E-state index >= 15 is 0 Å². The van der Waals surface area contributed by atoms with Crippen LogP contribution in [0.4, 0.5) is 0 Å². The van der Waals surface area contributed by atoms with Crippen LogP contribution in [0.3, 0.4) is 0 Å². The summed E-state index contributed by atoms with van der Waals surface area (Å²) >= 11 is 0. The lowest BCUT2D eigenvalue weighted by Gasteiger charge is -2.19. The van der Waals surface area contributed by atoms with Gasteiger partial charge in [0.05, 0.1) is 18.0 Å². The summed E-state index contributed by atoms with van der Waals surface area (Å²) in [5.74, 6) is -0.136. The standard InChI is InChI=1S/C19H22N4O2/c1-13(24)8-15(14-6-4-3-5-7-14)10-21-19(25)16-9-17-18(20-11-16)23(2)12-22-17/h3-7,9,11-13,15,24H,8,10H2,1-2H3,(H,21,25). The summed E-state index contributed by atoms with van der Waals surface area (Å²) in [4.78, 5) is 21.0. The first-order chi connectivity index (χ1) is 12.0. The normalized spacial score (nSPS) is 13.6. The Kier molecular flexibility index (Phi) is 5.09. The molecule has 0 aliphatic heterocycles. The van der Waals surface area contributed by atoms with E-state index in [0.29, 0.717) is 24.0 Å². The van der Waals surface area contributed by atoms with Gasteiger partial charge < -0.3 is 15.0 Å². The zero-order valence-corrected chi connectivity index (χ0v) is 14.4. The highest BCUT2D eigenvalue weighted by Crippen LogP contribution is 2.20. The van der Waals surface area contributed by atoms with Gasteiger partial charge in [0.1, 0.15) is 5.52 Å². The Balaban J connectivity index is 1.71. The van der Waals surface area contributed by atoms with Crippen molar-refractivity contribution in [2.24, 2.45) is 7.05 Å². The van der Waals surface area contributed by atoms with Gasteiger partial charge in [0.2, 0.25) is 0 Å². The molecule has 2 unspecified atom stereocenters. The molecule has 0 fully saturated rings. The van der Waals surface area contributed by atoms with E-state index in [2.05, 4.69) is 15.3 Å². The topological polar surface area (TPSA) is 80.0 Å². The van der Waals surface area contributed by atoms with Gasteiger partial charge in [-0.2, -0.15) is 0 Å². The van der Waals surface area contributed by atoms with Gasteiger partial charge in [-0.3, -0.25) is 4.79 Å². The predicted octanol–water partition coefficient (Wildman–Crippen LogP) is 2.25. The molecule has 0 aliphatic carbocycles. The van der Waals surface area contributed by atoms with Crippen LogP contribution in [0.25, 0.3) is 11.2 Å². The SMILES string of the molecule is CC(O)CC(CNC(=O)c1cnc2c(c1)ncn2C)c1ccccc1. The second kappa shape index (κ2) is 7.44. The third-order valence-corrected chi connectivity index (χ3v) is 4.22. The van der Waals surface area contributed by atoms with Gasteiger partial charge >= 0.3 is 0 Å². The molecule has 25 heavy (non-hydrogen) atoms. The summed E-state index contributed by atoms with van der Waals surface area (Å²) in [6, 6.07) is 11.6. The number of aryl methyl sites for hydroxylation is 1. The molecule has 2 aromatic heterocycles. The number of nitrogens with zero attached hydrogens (tertiary/aromatic N) is 3. The summed E-state index contributed by atoms with van der Waals surface area (Å²) in [5, 5.41) is 12.7. The van der Waals surface area contributed by atoms with Crippen molar-refractivity contribution in [3.05, 3.63) is 60.0 Å². The molecule has 1 amide bonds. The van der Waals surface area contributed by atoms with Crippen LogP contribution < -0.4 is 5.32 Å². The molecule has 6 nitrogen and oxygen atoms in total. The van der Waals surface area contributed by atoms with E-state index in [1.807, 2.05) is 41.9 Å². The molecule has 0 spiro atoms. The molecule has 2 heterocycles. The molecule has 0 radical (unpaired) electrons. The van der Waals surface area contributed by atoms with Crippen LogP contribution in [0.2, 0.25) is 0 Å². The average molecular weight is 338 g/mol. The maximum atomic E-state index is 12.5. The maximum absolute atomic E-state index is 12.5. The number of imidazole rings is 1. The number of carbonyl (C=O) groups is 1. The Hall–Kier alpha value is -2.73. The first-order valence-corrected chi connectivity index (χ1v) is 8.33. The van der Waals surface area contributed by atoms with Crippen molar-refractivity contribution in [2.75, 3.05) is 6.54 Å². The molecule has 2 atom stereocenters. The number of fused-ring (bicyclic) bond motifs is 1. The lowest BCUT2D eigenvalue weighted by atomic mass is 9.93. The molecule has 2 N–H and O–H groups in total. The van der Waals surface area contributed by atoms with Crippen LogP contribution >= 0.6 is 0 Å². The highest BCUT2D eigenvalue weighted by Gasteiger charge is 2.16. The smallest absolute Gasteiger partial charge is 0.252 e. The van der Waals surface area contributed by atoms with Gasteiger partial charge in [0.15, 0.2) is 5.65 Å². The third kappa shape index (κ3) is 4.03. The Labute approximate surface area is 146 Å². The molecule has 0 saturated carbocycles. The molecule has 3 aromatic rings. The van der Waals surface area contributed by atoms with E-state index in [0.717, 1.165) is 11.2 Å². The number of hydrogen-bond acceptors (Lipinski definition) is 4. The number of aliphatic hydroxyl groups excluding tert-OH is 1. The second-order valence-corrected chi connectivity index (χ2v) is 6.32. The summed E-state index contributed by atoms with van der Waals surface area (Å²) in [5.41, 5.74) is 3.02. The van der Waals surface area contributed by atoms with Crippen LogP contribution in [0.15, 0.2) is 48.9 Å². The summed E-state index contributed by atoms with van der Waals surface area (Å²) in [6.45, 7) is 2.21. The lowest BCUT2D eigenvalue weighted by molar-refractivity contribution is 0.0945. The average Bonchev–Trinajstić information content (AvgIpc) is 2.99. The summed E-state index contributed by atoms with van der Waals surface area (Å²) in [7, 11) is 1.86. The molecule has 0 saturated heterocycles. The number of aliphatic hydroxyl groups is 1. The summed E-state index contributed by atoms with van der Waals surface area (Å²) in [6.07, 6.45) is 3.38. The molecule has 130 valence electrons.